The van der Waals surface area contributed by atoms with E-state index in [-0.39, 0.29) is 0 Å². The van der Waals surface area contributed by atoms with E-state index in [0.717, 1.165) is 22.2 Å². The Bertz CT molecular complexity index is 791. The maximum absolute atomic E-state index is 4.57. The molecule has 0 radical (unpaired) electrons. The summed E-state index contributed by atoms with van der Waals surface area (Å²) >= 11 is 1.66. The van der Waals surface area contributed by atoms with Gasteiger partial charge in [0.05, 0.1) is 5.71 Å². The SMILES string of the molecule is c1ccc(-c2ccc(C3=Nn4cnnc4SC3)cc2)cc1. The predicted octanol–water partition coefficient (Wildman–Crippen LogP) is 3.30. The number of aromatic nitrogens is 3. The zero-order chi connectivity index (χ0) is 14.1. The van der Waals surface area contributed by atoms with Gasteiger partial charge in [-0.15, -0.1) is 10.2 Å². The average molecular weight is 292 g/mol. The van der Waals surface area contributed by atoms with Crippen LogP contribution in [0.15, 0.2) is 71.2 Å². The van der Waals surface area contributed by atoms with Crippen LogP contribution in [0.4, 0.5) is 0 Å². The summed E-state index contributed by atoms with van der Waals surface area (Å²) in [6, 6.07) is 18.9. The van der Waals surface area contributed by atoms with E-state index in [1.807, 2.05) is 6.07 Å². The Morgan fingerprint density at radius 3 is 2.38 bits per heavy atom. The lowest BCUT2D eigenvalue weighted by molar-refractivity contribution is 0.757. The molecule has 0 atom stereocenters. The summed E-state index contributed by atoms with van der Waals surface area (Å²) in [5.74, 6) is 0.823. The van der Waals surface area contributed by atoms with E-state index in [4.69, 9.17) is 0 Å². The second-order valence-corrected chi connectivity index (χ2v) is 5.68. The lowest BCUT2D eigenvalue weighted by Gasteiger charge is -2.12. The Morgan fingerprint density at radius 2 is 1.57 bits per heavy atom. The van der Waals surface area contributed by atoms with Crippen molar-refractivity contribution in [2.24, 2.45) is 5.10 Å². The van der Waals surface area contributed by atoms with Gasteiger partial charge in [0.15, 0.2) is 0 Å². The molecule has 2 heterocycles. The molecular formula is C16H12N4S. The average Bonchev–Trinajstić information content (AvgIpc) is 3.03. The molecule has 1 aliphatic heterocycles. The third-order valence-electron chi connectivity index (χ3n) is 3.39. The van der Waals surface area contributed by atoms with Crippen LogP contribution in [-0.2, 0) is 0 Å². The van der Waals surface area contributed by atoms with Gasteiger partial charge in [0.1, 0.15) is 6.33 Å². The van der Waals surface area contributed by atoms with E-state index >= 15 is 0 Å². The highest BCUT2D eigenvalue weighted by Crippen LogP contribution is 2.24. The maximum atomic E-state index is 4.57. The van der Waals surface area contributed by atoms with Crippen LogP contribution in [0, 0.1) is 0 Å². The van der Waals surface area contributed by atoms with E-state index in [0.29, 0.717) is 0 Å². The molecule has 0 bridgehead atoms. The van der Waals surface area contributed by atoms with Gasteiger partial charge >= 0.3 is 0 Å². The number of nitrogens with zero attached hydrogens (tertiary/aromatic N) is 4. The molecule has 1 aromatic heterocycles. The first kappa shape index (κ1) is 12.3. The van der Waals surface area contributed by atoms with Gasteiger partial charge in [-0.3, -0.25) is 0 Å². The molecule has 5 heteroatoms. The Hall–Kier alpha value is -2.40. The normalized spacial score (nSPS) is 13.6. The van der Waals surface area contributed by atoms with Crippen molar-refractivity contribution in [3.8, 4) is 11.1 Å². The predicted molar refractivity (Wildman–Crippen MR) is 84.6 cm³/mol. The molecular weight excluding hydrogens is 280 g/mol. The fourth-order valence-corrected chi connectivity index (χ4v) is 3.12. The second kappa shape index (κ2) is 5.18. The molecule has 102 valence electrons. The molecule has 0 saturated carbocycles. The van der Waals surface area contributed by atoms with E-state index < -0.39 is 0 Å². The number of hydrogen-bond acceptors (Lipinski definition) is 4. The standard InChI is InChI=1S/C16H12N4S/c1-2-4-12(5-3-1)13-6-8-14(9-7-13)15-10-21-16-18-17-11-20(16)19-15/h1-9,11H,10H2. The molecule has 0 spiro atoms. The van der Waals surface area contributed by atoms with Gasteiger partial charge in [-0.05, 0) is 16.7 Å². The number of rotatable bonds is 2. The third-order valence-corrected chi connectivity index (χ3v) is 4.34. The molecule has 2 aromatic carbocycles. The zero-order valence-corrected chi connectivity index (χ0v) is 12.0. The van der Waals surface area contributed by atoms with Gasteiger partial charge in [0.2, 0.25) is 5.16 Å². The summed E-state index contributed by atoms with van der Waals surface area (Å²) in [4.78, 5) is 0. The monoisotopic (exact) mass is 292 g/mol. The van der Waals surface area contributed by atoms with Crippen molar-refractivity contribution < 1.29 is 0 Å². The summed E-state index contributed by atoms with van der Waals surface area (Å²) in [5.41, 5.74) is 4.63. The number of fused-ring (bicyclic) bond motifs is 1. The van der Waals surface area contributed by atoms with Gasteiger partial charge in [0, 0.05) is 5.75 Å². The summed E-state index contributed by atoms with van der Waals surface area (Å²) in [7, 11) is 0. The number of benzene rings is 2. The van der Waals surface area contributed by atoms with Gasteiger partial charge in [0.25, 0.3) is 0 Å². The lowest BCUT2D eigenvalue weighted by atomic mass is 10.0. The van der Waals surface area contributed by atoms with Crippen molar-refractivity contribution in [2.75, 3.05) is 5.75 Å². The minimum atomic E-state index is 0.823. The van der Waals surface area contributed by atoms with Crippen LogP contribution in [0.1, 0.15) is 5.56 Å². The highest BCUT2D eigenvalue weighted by molar-refractivity contribution is 7.99. The first-order valence-electron chi connectivity index (χ1n) is 6.67. The molecule has 0 saturated heterocycles. The topological polar surface area (TPSA) is 43.1 Å². The quantitative estimate of drug-likeness (QED) is 0.728. The summed E-state index contributed by atoms with van der Waals surface area (Å²) in [5, 5.41) is 13.3. The zero-order valence-electron chi connectivity index (χ0n) is 11.2. The van der Waals surface area contributed by atoms with Gasteiger partial charge in [-0.1, -0.05) is 66.4 Å². The fourth-order valence-electron chi connectivity index (χ4n) is 2.30. The molecule has 0 unspecified atom stereocenters. The van der Waals surface area contributed by atoms with Crippen molar-refractivity contribution >= 4 is 17.5 Å². The van der Waals surface area contributed by atoms with E-state index in [9.17, 15) is 0 Å². The molecule has 3 aromatic rings. The van der Waals surface area contributed by atoms with Gasteiger partial charge in [-0.2, -0.15) is 9.78 Å². The Kier molecular flexibility index (Phi) is 3.05. The van der Waals surface area contributed by atoms with Crippen LogP contribution in [0.3, 0.4) is 0 Å². The molecule has 4 rings (SSSR count). The minimum absolute atomic E-state index is 0.823. The summed E-state index contributed by atoms with van der Waals surface area (Å²) in [6.45, 7) is 0. The minimum Gasteiger partial charge on any atom is -0.194 e. The van der Waals surface area contributed by atoms with Crippen LogP contribution in [0.2, 0.25) is 0 Å². The summed E-state index contributed by atoms with van der Waals surface area (Å²) < 4.78 is 1.73. The Balaban J connectivity index is 1.66. The molecule has 0 aliphatic carbocycles. The van der Waals surface area contributed by atoms with Crippen molar-refractivity contribution in [1.82, 2.24) is 14.9 Å². The van der Waals surface area contributed by atoms with Crippen molar-refractivity contribution in [1.29, 1.82) is 0 Å². The Labute approximate surface area is 126 Å². The van der Waals surface area contributed by atoms with Crippen LogP contribution in [0.25, 0.3) is 11.1 Å². The number of hydrogen-bond donors (Lipinski definition) is 0. The van der Waals surface area contributed by atoms with Crippen molar-refractivity contribution in [2.45, 2.75) is 5.16 Å². The van der Waals surface area contributed by atoms with Crippen molar-refractivity contribution in [3.63, 3.8) is 0 Å². The smallest absolute Gasteiger partial charge is 0.194 e. The highest BCUT2D eigenvalue weighted by Gasteiger charge is 2.15. The molecule has 0 N–H and O–H groups in total. The first-order valence-corrected chi connectivity index (χ1v) is 7.65. The van der Waals surface area contributed by atoms with Gasteiger partial charge in [-0.25, -0.2) is 0 Å². The van der Waals surface area contributed by atoms with E-state index in [1.165, 1.54) is 11.1 Å². The van der Waals surface area contributed by atoms with Crippen LogP contribution < -0.4 is 0 Å². The second-order valence-electron chi connectivity index (χ2n) is 4.74. The molecule has 0 amide bonds. The van der Waals surface area contributed by atoms with Crippen molar-refractivity contribution in [3.05, 3.63) is 66.5 Å². The number of thioether (sulfide) groups is 1. The third kappa shape index (κ3) is 2.36. The van der Waals surface area contributed by atoms with E-state index in [2.05, 4.69) is 63.8 Å². The highest BCUT2D eigenvalue weighted by atomic mass is 32.2. The Morgan fingerprint density at radius 1 is 0.857 bits per heavy atom. The molecule has 4 nitrogen and oxygen atoms in total. The molecule has 21 heavy (non-hydrogen) atoms. The van der Waals surface area contributed by atoms with Crippen LogP contribution in [0.5, 0.6) is 0 Å². The maximum Gasteiger partial charge on any atom is 0.212 e. The summed E-state index contributed by atoms with van der Waals surface area (Å²) in [6.07, 6.45) is 1.64. The molecule has 1 aliphatic rings. The van der Waals surface area contributed by atoms with Crippen LogP contribution in [-0.4, -0.2) is 26.3 Å². The fraction of sp³-hybridized carbons (Fsp3) is 0.0625. The van der Waals surface area contributed by atoms with Crippen LogP contribution >= 0.6 is 11.8 Å². The first-order chi connectivity index (χ1) is 10.4. The van der Waals surface area contributed by atoms with Gasteiger partial charge < -0.3 is 0 Å². The largest absolute Gasteiger partial charge is 0.212 e. The lowest BCUT2D eigenvalue weighted by Crippen LogP contribution is -2.12. The molecule has 0 fully saturated rings. The van der Waals surface area contributed by atoms with E-state index in [1.54, 1.807) is 22.8 Å².